The molecular weight excluding hydrogens is 258 g/mol. The van der Waals surface area contributed by atoms with E-state index in [-0.39, 0.29) is 0 Å². The predicted molar refractivity (Wildman–Crippen MR) is 88.7 cm³/mol. The van der Waals surface area contributed by atoms with Crippen molar-refractivity contribution in [2.75, 3.05) is 6.54 Å². The summed E-state index contributed by atoms with van der Waals surface area (Å²) < 4.78 is 0. The number of nitrogens with zero attached hydrogens (tertiary/aromatic N) is 1. The molecule has 0 unspecified atom stereocenters. The third-order valence-electron chi connectivity index (χ3n) is 6.13. The fourth-order valence-electron chi connectivity index (χ4n) is 4.74. The third-order valence-corrected chi connectivity index (χ3v) is 6.13. The van der Waals surface area contributed by atoms with E-state index in [1.807, 2.05) is 0 Å². The molecule has 3 nitrogen and oxygen atoms in total. The van der Waals surface area contributed by atoms with Crippen LogP contribution < -0.4 is 5.73 Å². The molecule has 3 N–H and O–H groups in total. The highest BCUT2D eigenvalue weighted by atomic mass is 15.2. The molecule has 21 heavy (non-hydrogen) atoms. The molecule has 3 rings (SSSR count). The molecule has 0 spiro atoms. The lowest BCUT2D eigenvalue weighted by Gasteiger charge is -2.43. The second-order valence-electron chi connectivity index (χ2n) is 7.96. The van der Waals surface area contributed by atoms with Crippen LogP contribution in [0.5, 0.6) is 0 Å². The van der Waals surface area contributed by atoms with Crippen LogP contribution in [0.1, 0.15) is 83.5 Å². The van der Waals surface area contributed by atoms with Crippen molar-refractivity contribution in [1.82, 2.24) is 4.90 Å². The first kappa shape index (κ1) is 15.3. The van der Waals surface area contributed by atoms with E-state index in [2.05, 4.69) is 4.90 Å². The van der Waals surface area contributed by atoms with E-state index in [9.17, 15) is 0 Å². The maximum absolute atomic E-state index is 7.68. The largest absolute Gasteiger partial charge is 0.388 e. The van der Waals surface area contributed by atoms with Gasteiger partial charge in [0.25, 0.3) is 0 Å². The molecule has 0 amide bonds. The molecule has 0 aromatic rings. The Morgan fingerprint density at radius 1 is 0.905 bits per heavy atom. The fraction of sp³-hybridized carbons (Fsp3) is 0.944. The Kier molecular flexibility index (Phi) is 4.88. The lowest BCUT2D eigenvalue weighted by atomic mass is 9.87. The van der Waals surface area contributed by atoms with Gasteiger partial charge in [0, 0.05) is 25.0 Å². The van der Waals surface area contributed by atoms with Crippen molar-refractivity contribution < 1.29 is 0 Å². The first-order chi connectivity index (χ1) is 10.2. The summed E-state index contributed by atoms with van der Waals surface area (Å²) in [5.41, 5.74) is 6.09. The van der Waals surface area contributed by atoms with Crippen LogP contribution in [0.25, 0.3) is 0 Å². The van der Waals surface area contributed by atoms with Gasteiger partial charge in [-0.1, -0.05) is 38.5 Å². The molecule has 0 aliphatic heterocycles. The van der Waals surface area contributed by atoms with Gasteiger partial charge in [0.15, 0.2) is 0 Å². The van der Waals surface area contributed by atoms with Gasteiger partial charge in [-0.3, -0.25) is 10.3 Å². The summed E-state index contributed by atoms with van der Waals surface area (Å²) in [6, 6.07) is 1.65. The lowest BCUT2D eigenvalue weighted by Crippen LogP contribution is -2.48. The molecule has 0 radical (unpaired) electrons. The summed E-state index contributed by atoms with van der Waals surface area (Å²) in [4.78, 5) is 2.90. The van der Waals surface area contributed by atoms with Gasteiger partial charge in [0.05, 0.1) is 5.84 Å². The minimum Gasteiger partial charge on any atom is -0.388 e. The van der Waals surface area contributed by atoms with Crippen molar-refractivity contribution in [1.29, 1.82) is 5.41 Å². The summed E-state index contributed by atoms with van der Waals surface area (Å²) >= 11 is 0. The average Bonchev–Trinajstić information content (AvgIpc) is 3.25. The Morgan fingerprint density at radius 3 is 1.76 bits per heavy atom. The number of rotatable bonds is 6. The highest BCUT2D eigenvalue weighted by Gasteiger charge is 2.46. The van der Waals surface area contributed by atoms with E-state index < -0.39 is 0 Å². The zero-order valence-electron chi connectivity index (χ0n) is 13.6. The van der Waals surface area contributed by atoms with E-state index in [0.717, 1.165) is 18.5 Å². The van der Waals surface area contributed by atoms with Crippen molar-refractivity contribution in [3.8, 4) is 0 Å². The van der Waals surface area contributed by atoms with E-state index in [4.69, 9.17) is 11.1 Å². The molecule has 0 saturated heterocycles. The molecule has 3 heteroatoms. The summed E-state index contributed by atoms with van der Waals surface area (Å²) in [6.45, 7) is 1.22. The second-order valence-corrected chi connectivity index (χ2v) is 7.96. The van der Waals surface area contributed by atoms with Crippen LogP contribution in [0.3, 0.4) is 0 Å². The number of hydrogen-bond acceptors (Lipinski definition) is 2. The van der Waals surface area contributed by atoms with Gasteiger partial charge in [-0.15, -0.1) is 0 Å². The first-order valence-corrected chi connectivity index (χ1v) is 9.27. The summed E-state index contributed by atoms with van der Waals surface area (Å²) in [5, 5.41) is 7.68. The number of nitrogens with one attached hydrogen (secondary N) is 1. The number of hydrogen-bond donors (Lipinski definition) is 2. The summed E-state index contributed by atoms with van der Waals surface area (Å²) in [7, 11) is 0. The predicted octanol–water partition coefficient (Wildman–Crippen LogP) is 4.06. The molecule has 0 atom stereocenters. The minimum absolute atomic E-state index is 0.376. The second kappa shape index (κ2) is 6.68. The normalized spacial score (nSPS) is 26.9. The van der Waals surface area contributed by atoms with Crippen molar-refractivity contribution in [2.24, 2.45) is 11.1 Å². The Balaban J connectivity index is 1.67. The zero-order chi connectivity index (χ0) is 14.7. The monoisotopic (exact) mass is 291 g/mol. The van der Waals surface area contributed by atoms with Gasteiger partial charge >= 0.3 is 0 Å². The highest BCUT2D eigenvalue weighted by Crippen LogP contribution is 2.50. The Bertz CT molecular complexity index is 331. The van der Waals surface area contributed by atoms with Crippen LogP contribution in [0.15, 0.2) is 0 Å². The van der Waals surface area contributed by atoms with E-state index in [0.29, 0.717) is 11.3 Å². The lowest BCUT2D eigenvalue weighted by molar-refractivity contribution is 0.0601. The van der Waals surface area contributed by atoms with Gasteiger partial charge in [0.1, 0.15) is 0 Å². The van der Waals surface area contributed by atoms with Crippen molar-refractivity contribution in [2.45, 2.75) is 95.6 Å². The van der Waals surface area contributed by atoms with Crippen LogP contribution in [0.2, 0.25) is 0 Å². The van der Waals surface area contributed by atoms with Crippen molar-refractivity contribution in [3.05, 3.63) is 0 Å². The highest BCUT2D eigenvalue weighted by molar-refractivity contribution is 5.78. The Hall–Kier alpha value is -0.570. The Morgan fingerprint density at radius 2 is 1.38 bits per heavy atom. The average molecular weight is 291 g/mol. The van der Waals surface area contributed by atoms with E-state index in [1.165, 1.54) is 83.6 Å². The Labute approximate surface area is 130 Å². The zero-order valence-corrected chi connectivity index (χ0v) is 13.6. The molecule has 3 aliphatic carbocycles. The molecule has 0 heterocycles. The van der Waals surface area contributed by atoms with Crippen LogP contribution in [0.4, 0.5) is 0 Å². The SMILES string of the molecule is N=C(N)CC1(CN(C2CCCCC2)C2CCCCC2)CC1. The first-order valence-electron chi connectivity index (χ1n) is 9.27. The van der Waals surface area contributed by atoms with Gasteiger partial charge < -0.3 is 5.73 Å². The molecule has 120 valence electrons. The van der Waals surface area contributed by atoms with Crippen LogP contribution in [-0.4, -0.2) is 29.4 Å². The topological polar surface area (TPSA) is 53.1 Å². The quantitative estimate of drug-likeness (QED) is 0.573. The number of nitrogens with two attached hydrogens (primary N) is 1. The fourth-order valence-corrected chi connectivity index (χ4v) is 4.74. The van der Waals surface area contributed by atoms with Crippen molar-refractivity contribution in [3.63, 3.8) is 0 Å². The standard InChI is InChI=1S/C18H33N3/c19-17(20)13-18(11-12-18)14-21(15-7-3-1-4-8-15)16-9-5-2-6-10-16/h15-16H,1-14H2,(H3,19,20). The van der Waals surface area contributed by atoms with Crippen LogP contribution in [0, 0.1) is 10.8 Å². The van der Waals surface area contributed by atoms with Gasteiger partial charge in [-0.05, 0) is 43.9 Å². The molecule has 3 aliphatic rings. The van der Waals surface area contributed by atoms with E-state index >= 15 is 0 Å². The molecule has 0 aromatic carbocycles. The van der Waals surface area contributed by atoms with Crippen LogP contribution >= 0.6 is 0 Å². The molecule has 0 bridgehead atoms. The molecule has 0 aromatic heterocycles. The molecule has 3 saturated carbocycles. The van der Waals surface area contributed by atoms with Crippen LogP contribution in [-0.2, 0) is 0 Å². The molecule has 3 fully saturated rings. The molecular formula is C18H33N3. The third kappa shape index (κ3) is 4.00. The van der Waals surface area contributed by atoms with Crippen molar-refractivity contribution >= 4 is 5.84 Å². The summed E-state index contributed by atoms with van der Waals surface area (Å²) in [6.07, 6.45) is 17.6. The maximum Gasteiger partial charge on any atom is 0.0911 e. The summed E-state index contributed by atoms with van der Waals surface area (Å²) in [5.74, 6) is 0.403. The number of amidine groups is 1. The van der Waals surface area contributed by atoms with E-state index in [1.54, 1.807) is 0 Å². The van der Waals surface area contributed by atoms with Gasteiger partial charge in [0.2, 0.25) is 0 Å². The smallest absolute Gasteiger partial charge is 0.0911 e. The van der Waals surface area contributed by atoms with Gasteiger partial charge in [-0.25, -0.2) is 0 Å². The maximum atomic E-state index is 7.68. The van der Waals surface area contributed by atoms with Gasteiger partial charge in [-0.2, -0.15) is 0 Å². The minimum atomic E-state index is 0.376.